The number of ether oxygens (including phenoxy) is 3. The summed E-state index contributed by atoms with van der Waals surface area (Å²) in [4.78, 5) is 8.62. The highest BCUT2D eigenvalue weighted by Crippen LogP contribution is 2.33. The van der Waals surface area contributed by atoms with Crippen molar-refractivity contribution >= 4 is 11.6 Å². The van der Waals surface area contributed by atoms with Crippen LogP contribution in [0, 0.1) is 0 Å². The molecule has 2 aromatic rings. The molecule has 0 unspecified atom stereocenters. The SMILES string of the molecule is CCOCc1nc(Cl)cc(-c2cc(OC)ccc2OC)n1. The first-order valence-corrected chi connectivity index (χ1v) is 6.89. The highest BCUT2D eigenvalue weighted by atomic mass is 35.5. The number of benzene rings is 1. The lowest BCUT2D eigenvalue weighted by Gasteiger charge is -2.11. The molecule has 0 aliphatic heterocycles. The van der Waals surface area contributed by atoms with Gasteiger partial charge in [0, 0.05) is 18.2 Å². The van der Waals surface area contributed by atoms with Crippen molar-refractivity contribution in [3.8, 4) is 22.8 Å². The Bertz CT molecular complexity index is 620. The molecule has 0 N–H and O–H groups in total. The summed E-state index contributed by atoms with van der Waals surface area (Å²) in [5.74, 6) is 1.93. The summed E-state index contributed by atoms with van der Waals surface area (Å²) in [6.07, 6.45) is 0. The van der Waals surface area contributed by atoms with E-state index in [9.17, 15) is 0 Å². The topological polar surface area (TPSA) is 53.5 Å². The lowest BCUT2D eigenvalue weighted by Crippen LogP contribution is -2.01. The molecule has 0 fully saturated rings. The van der Waals surface area contributed by atoms with Crippen molar-refractivity contribution in [3.63, 3.8) is 0 Å². The summed E-state index contributed by atoms with van der Waals surface area (Å²) >= 11 is 6.07. The minimum absolute atomic E-state index is 0.316. The zero-order valence-electron chi connectivity index (χ0n) is 12.2. The van der Waals surface area contributed by atoms with Gasteiger partial charge in [-0.05, 0) is 25.1 Å². The molecule has 1 aromatic heterocycles. The molecular weight excluding hydrogens is 292 g/mol. The Kier molecular flexibility index (Phi) is 5.36. The molecule has 1 aromatic carbocycles. The van der Waals surface area contributed by atoms with Gasteiger partial charge in [-0.3, -0.25) is 0 Å². The zero-order chi connectivity index (χ0) is 15.2. The molecule has 0 bridgehead atoms. The average Bonchev–Trinajstić information content (AvgIpc) is 2.51. The van der Waals surface area contributed by atoms with Crippen LogP contribution in [0.15, 0.2) is 24.3 Å². The third kappa shape index (κ3) is 3.83. The second-order valence-electron chi connectivity index (χ2n) is 4.20. The Morgan fingerprint density at radius 3 is 2.57 bits per heavy atom. The lowest BCUT2D eigenvalue weighted by atomic mass is 10.1. The Morgan fingerprint density at radius 2 is 1.90 bits per heavy atom. The molecule has 0 aliphatic carbocycles. The van der Waals surface area contributed by atoms with Crippen LogP contribution in [-0.2, 0) is 11.3 Å². The van der Waals surface area contributed by atoms with Crippen molar-refractivity contribution in [2.75, 3.05) is 20.8 Å². The van der Waals surface area contributed by atoms with Crippen LogP contribution in [0.4, 0.5) is 0 Å². The number of nitrogens with zero attached hydrogens (tertiary/aromatic N) is 2. The third-order valence-electron chi connectivity index (χ3n) is 2.86. The van der Waals surface area contributed by atoms with E-state index in [2.05, 4.69) is 9.97 Å². The minimum Gasteiger partial charge on any atom is -0.497 e. The van der Waals surface area contributed by atoms with E-state index >= 15 is 0 Å². The Hall–Kier alpha value is -1.85. The largest absolute Gasteiger partial charge is 0.497 e. The summed E-state index contributed by atoms with van der Waals surface area (Å²) in [5.41, 5.74) is 1.46. The van der Waals surface area contributed by atoms with Crippen molar-refractivity contribution in [1.29, 1.82) is 0 Å². The lowest BCUT2D eigenvalue weighted by molar-refractivity contribution is 0.128. The van der Waals surface area contributed by atoms with Gasteiger partial charge in [0.2, 0.25) is 0 Å². The van der Waals surface area contributed by atoms with E-state index in [1.807, 2.05) is 25.1 Å². The second-order valence-corrected chi connectivity index (χ2v) is 4.58. The van der Waals surface area contributed by atoms with Crippen molar-refractivity contribution in [1.82, 2.24) is 9.97 Å². The summed E-state index contributed by atoms with van der Waals surface area (Å²) in [5, 5.41) is 0.361. The molecule has 0 saturated heterocycles. The molecule has 0 spiro atoms. The summed E-state index contributed by atoms with van der Waals surface area (Å²) < 4.78 is 15.9. The fourth-order valence-electron chi connectivity index (χ4n) is 1.87. The third-order valence-corrected chi connectivity index (χ3v) is 3.05. The first-order chi connectivity index (χ1) is 10.2. The van der Waals surface area contributed by atoms with Crippen molar-refractivity contribution < 1.29 is 14.2 Å². The molecule has 6 heteroatoms. The summed E-state index contributed by atoms with van der Waals surface area (Å²) in [6.45, 7) is 2.82. The van der Waals surface area contributed by atoms with Crippen LogP contribution in [-0.4, -0.2) is 30.8 Å². The average molecular weight is 309 g/mol. The van der Waals surface area contributed by atoms with E-state index < -0.39 is 0 Å². The summed E-state index contributed by atoms with van der Waals surface area (Å²) in [7, 11) is 3.22. The fraction of sp³-hybridized carbons (Fsp3) is 0.333. The predicted octanol–water partition coefficient (Wildman–Crippen LogP) is 3.35. The molecule has 0 saturated carbocycles. The molecule has 0 aliphatic rings. The van der Waals surface area contributed by atoms with Gasteiger partial charge in [-0.2, -0.15) is 0 Å². The predicted molar refractivity (Wildman–Crippen MR) is 80.9 cm³/mol. The van der Waals surface area contributed by atoms with Gasteiger partial charge in [0.15, 0.2) is 5.82 Å². The van der Waals surface area contributed by atoms with E-state index in [0.29, 0.717) is 41.4 Å². The monoisotopic (exact) mass is 308 g/mol. The number of rotatable bonds is 6. The summed E-state index contributed by atoms with van der Waals surface area (Å²) in [6, 6.07) is 7.19. The van der Waals surface area contributed by atoms with Crippen LogP contribution in [0.5, 0.6) is 11.5 Å². The molecule has 21 heavy (non-hydrogen) atoms. The molecule has 0 atom stereocenters. The molecule has 5 nitrogen and oxygen atoms in total. The van der Waals surface area contributed by atoms with Crippen LogP contribution >= 0.6 is 11.6 Å². The molecule has 0 amide bonds. The van der Waals surface area contributed by atoms with Crippen molar-refractivity contribution in [2.24, 2.45) is 0 Å². The molecule has 2 rings (SSSR count). The van der Waals surface area contributed by atoms with Crippen LogP contribution in [0.3, 0.4) is 0 Å². The van der Waals surface area contributed by atoms with Crippen LogP contribution in [0.2, 0.25) is 5.15 Å². The Balaban J connectivity index is 2.47. The minimum atomic E-state index is 0.316. The van der Waals surface area contributed by atoms with Gasteiger partial charge in [0.05, 0.1) is 19.9 Å². The van der Waals surface area contributed by atoms with E-state index in [-0.39, 0.29) is 0 Å². The van der Waals surface area contributed by atoms with Gasteiger partial charge in [-0.1, -0.05) is 11.6 Å². The maximum Gasteiger partial charge on any atom is 0.156 e. The highest BCUT2D eigenvalue weighted by Gasteiger charge is 2.12. The van der Waals surface area contributed by atoms with E-state index in [1.54, 1.807) is 20.3 Å². The Labute approximate surface area is 128 Å². The van der Waals surface area contributed by atoms with Crippen LogP contribution in [0.25, 0.3) is 11.3 Å². The Morgan fingerprint density at radius 1 is 1.10 bits per heavy atom. The quantitative estimate of drug-likeness (QED) is 0.766. The number of hydrogen-bond acceptors (Lipinski definition) is 5. The fourth-order valence-corrected chi connectivity index (χ4v) is 2.08. The first kappa shape index (κ1) is 15.5. The van der Waals surface area contributed by atoms with Crippen molar-refractivity contribution in [3.05, 3.63) is 35.2 Å². The second kappa shape index (κ2) is 7.24. The number of halogens is 1. The number of hydrogen-bond donors (Lipinski definition) is 0. The number of aromatic nitrogens is 2. The molecule has 112 valence electrons. The van der Waals surface area contributed by atoms with Gasteiger partial charge in [0.25, 0.3) is 0 Å². The smallest absolute Gasteiger partial charge is 0.156 e. The van der Waals surface area contributed by atoms with Crippen LogP contribution in [0.1, 0.15) is 12.7 Å². The molecule has 0 radical (unpaired) electrons. The van der Waals surface area contributed by atoms with Gasteiger partial charge in [-0.25, -0.2) is 9.97 Å². The first-order valence-electron chi connectivity index (χ1n) is 6.51. The normalized spacial score (nSPS) is 10.5. The van der Waals surface area contributed by atoms with Gasteiger partial charge < -0.3 is 14.2 Å². The zero-order valence-corrected chi connectivity index (χ0v) is 13.0. The standard InChI is InChI=1S/C15H17ClN2O3/c1-4-21-9-15-17-12(8-14(16)18-15)11-7-10(19-2)5-6-13(11)20-3/h5-8H,4,9H2,1-3H3. The van der Waals surface area contributed by atoms with E-state index in [0.717, 1.165) is 5.56 Å². The maximum absolute atomic E-state index is 6.07. The van der Waals surface area contributed by atoms with Crippen molar-refractivity contribution in [2.45, 2.75) is 13.5 Å². The van der Waals surface area contributed by atoms with Gasteiger partial charge in [-0.15, -0.1) is 0 Å². The van der Waals surface area contributed by atoms with E-state index in [4.69, 9.17) is 25.8 Å². The molecule has 1 heterocycles. The maximum atomic E-state index is 6.07. The van der Waals surface area contributed by atoms with Gasteiger partial charge in [0.1, 0.15) is 23.3 Å². The molecular formula is C15H17ClN2O3. The van der Waals surface area contributed by atoms with E-state index in [1.165, 1.54) is 0 Å². The highest BCUT2D eigenvalue weighted by molar-refractivity contribution is 6.29. The number of methoxy groups -OCH3 is 2. The van der Waals surface area contributed by atoms with Gasteiger partial charge >= 0.3 is 0 Å². The van der Waals surface area contributed by atoms with Crippen LogP contribution < -0.4 is 9.47 Å².